The lowest BCUT2D eigenvalue weighted by Crippen LogP contribution is -2.21. The molecule has 8 nitrogen and oxygen atoms in total. The normalized spacial score (nSPS) is 10.2. The van der Waals surface area contributed by atoms with E-state index in [4.69, 9.17) is 9.47 Å². The number of aryl methyl sites for hydroxylation is 1. The van der Waals surface area contributed by atoms with Crippen LogP contribution in [0.2, 0.25) is 0 Å². The Labute approximate surface area is 172 Å². The van der Waals surface area contributed by atoms with Crippen LogP contribution in [0, 0.1) is 13.8 Å². The molecule has 0 aliphatic heterocycles. The first-order chi connectivity index (χ1) is 13.7. The van der Waals surface area contributed by atoms with Crippen molar-refractivity contribution in [3.05, 3.63) is 45.8 Å². The average Bonchev–Trinajstić information content (AvgIpc) is 2.93. The highest BCUT2D eigenvalue weighted by molar-refractivity contribution is 7.16. The lowest BCUT2D eigenvalue weighted by Gasteiger charge is -2.08. The average molecular weight is 418 g/mol. The molecule has 0 unspecified atom stereocenters. The minimum atomic E-state index is -0.682. The first-order valence-corrected chi connectivity index (χ1v) is 9.66. The first-order valence-electron chi connectivity index (χ1n) is 8.84. The van der Waals surface area contributed by atoms with Crippen molar-refractivity contribution >= 4 is 45.8 Å². The Morgan fingerprint density at radius 2 is 1.62 bits per heavy atom. The smallest absolute Gasteiger partial charge is 0.341 e. The largest absolute Gasteiger partial charge is 0.462 e. The van der Waals surface area contributed by atoms with Gasteiger partial charge in [-0.25, -0.2) is 9.59 Å². The second-order valence-electron chi connectivity index (χ2n) is 6.09. The third-order valence-electron chi connectivity index (χ3n) is 3.89. The van der Waals surface area contributed by atoms with Crippen molar-refractivity contribution in [1.82, 2.24) is 0 Å². The number of benzene rings is 1. The lowest BCUT2D eigenvalue weighted by molar-refractivity contribution is -0.119. The van der Waals surface area contributed by atoms with E-state index in [-0.39, 0.29) is 18.1 Å². The molecule has 0 saturated heterocycles. The molecule has 154 valence electrons. The van der Waals surface area contributed by atoms with E-state index in [9.17, 15) is 19.2 Å². The fourth-order valence-electron chi connectivity index (χ4n) is 2.43. The summed E-state index contributed by atoms with van der Waals surface area (Å²) in [6.45, 7) is 6.41. The summed E-state index contributed by atoms with van der Waals surface area (Å²) in [4.78, 5) is 48.3. The molecule has 2 aromatic rings. The number of ether oxygens (including phenoxy) is 2. The van der Waals surface area contributed by atoms with Gasteiger partial charge in [-0.3, -0.25) is 9.59 Å². The summed E-state index contributed by atoms with van der Waals surface area (Å²) >= 11 is 1.25. The summed E-state index contributed by atoms with van der Waals surface area (Å²) in [5.41, 5.74) is 1.83. The van der Waals surface area contributed by atoms with Crippen LogP contribution in [0.4, 0.5) is 10.7 Å². The van der Waals surface area contributed by atoms with Gasteiger partial charge in [0.2, 0.25) is 5.91 Å². The molecule has 0 aliphatic rings. The molecule has 1 heterocycles. The maximum absolute atomic E-state index is 12.2. The van der Waals surface area contributed by atoms with Crippen LogP contribution in [-0.2, 0) is 19.1 Å². The van der Waals surface area contributed by atoms with E-state index in [1.165, 1.54) is 30.4 Å². The molecule has 0 aliphatic carbocycles. The SMILES string of the molecule is CCOC(=O)c1c(NC(=O)COC(=O)c2ccc(NC(C)=O)cc2)sc(C)c1C. The Bertz CT molecular complexity index is 933. The summed E-state index contributed by atoms with van der Waals surface area (Å²) in [6, 6.07) is 6.08. The molecule has 0 saturated carbocycles. The second-order valence-corrected chi connectivity index (χ2v) is 7.32. The maximum Gasteiger partial charge on any atom is 0.341 e. The molecule has 0 bridgehead atoms. The highest BCUT2D eigenvalue weighted by Crippen LogP contribution is 2.33. The molecule has 0 radical (unpaired) electrons. The molecule has 2 rings (SSSR count). The van der Waals surface area contributed by atoms with E-state index in [1.54, 1.807) is 26.0 Å². The highest BCUT2D eigenvalue weighted by atomic mass is 32.1. The Kier molecular flexibility index (Phi) is 7.49. The lowest BCUT2D eigenvalue weighted by atomic mass is 10.1. The number of esters is 2. The number of nitrogens with one attached hydrogen (secondary N) is 2. The van der Waals surface area contributed by atoms with Crippen molar-refractivity contribution in [2.24, 2.45) is 0 Å². The van der Waals surface area contributed by atoms with Crippen LogP contribution >= 0.6 is 11.3 Å². The maximum atomic E-state index is 12.2. The number of anilines is 2. The molecule has 2 amide bonds. The molecular weight excluding hydrogens is 396 g/mol. The fourth-order valence-corrected chi connectivity index (χ4v) is 3.50. The van der Waals surface area contributed by atoms with Crippen molar-refractivity contribution in [3.8, 4) is 0 Å². The van der Waals surface area contributed by atoms with Crippen LogP contribution in [-0.4, -0.2) is 37.0 Å². The molecule has 0 spiro atoms. The Morgan fingerprint density at radius 1 is 0.966 bits per heavy atom. The number of carbonyl (C=O) groups excluding carboxylic acids is 4. The summed E-state index contributed by atoms with van der Waals surface area (Å²) in [7, 11) is 0. The molecule has 2 N–H and O–H groups in total. The monoisotopic (exact) mass is 418 g/mol. The van der Waals surface area contributed by atoms with Crippen molar-refractivity contribution < 1.29 is 28.7 Å². The predicted octanol–water partition coefficient (Wildman–Crippen LogP) is 3.30. The molecule has 0 fully saturated rings. The van der Waals surface area contributed by atoms with Crippen molar-refractivity contribution in [2.75, 3.05) is 23.8 Å². The van der Waals surface area contributed by atoms with Gasteiger partial charge in [0.05, 0.1) is 17.7 Å². The predicted molar refractivity (Wildman–Crippen MR) is 109 cm³/mol. The molecule has 1 aromatic heterocycles. The number of hydrogen-bond donors (Lipinski definition) is 2. The number of carbonyl (C=O) groups is 4. The number of amides is 2. The summed E-state index contributed by atoms with van der Waals surface area (Å²) < 4.78 is 10.1. The number of rotatable bonds is 7. The van der Waals surface area contributed by atoms with Gasteiger partial charge in [0.15, 0.2) is 6.61 Å². The van der Waals surface area contributed by atoms with Crippen LogP contribution in [0.3, 0.4) is 0 Å². The standard InChI is InChI=1S/C20H22N2O6S/c1-5-27-20(26)17-11(2)12(3)29-18(17)22-16(24)10-28-19(25)14-6-8-15(9-7-14)21-13(4)23/h6-9H,5,10H2,1-4H3,(H,21,23)(H,22,24). The highest BCUT2D eigenvalue weighted by Gasteiger charge is 2.22. The van der Waals surface area contributed by atoms with Crippen molar-refractivity contribution in [3.63, 3.8) is 0 Å². The Morgan fingerprint density at radius 3 is 2.21 bits per heavy atom. The number of hydrogen-bond acceptors (Lipinski definition) is 7. The van der Waals surface area contributed by atoms with Crippen molar-refractivity contribution in [2.45, 2.75) is 27.7 Å². The van der Waals surface area contributed by atoms with E-state index in [2.05, 4.69) is 10.6 Å². The third kappa shape index (κ3) is 5.89. The van der Waals surface area contributed by atoms with Gasteiger partial charge in [0.1, 0.15) is 5.00 Å². The van der Waals surface area contributed by atoms with Gasteiger partial charge in [0.25, 0.3) is 5.91 Å². The fraction of sp³-hybridized carbons (Fsp3) is 0.300. The quantitative estimate of drug-likeness (QED) is 0.668. The van der Waals surface area contributed by atoms with Gasteiger partial charge in [-0.2, -0.15) is 0 Å². The third-order valence-corrected chi connectivity index (χ3v) is 5.02. The Balaban J connectivity index is 1.98. The Hall–Kier alpha value is -3.20. The van der Waals surface area contributed by atoms with Crippen LogP contribution < -0.4 is 10.6 Å². The zero-order valence-corrected chi connectivity index (χ0v) is 17.4. The van der Waals surface area contributed by atoms with E-state index >= 15 is 0 Å². The topological polar surface area (TPSA) is 111 Å². The van der Waals surface area contributed by atoms with Gasteiger partial charge in [-0.05, 0) is 50.6 Å². The van der Waals surface area contributed by atoms with Gasteiger partial charge in [0, 0.05) is 17.5 Å². The van der Waals surface area contributed by atoms with E-state index < -0.39 is 24.5 Å². The molecule has 29 heavy (non-hydrogen) atoms. The van der Waals surface area contributed by atoms with Gasteiger partial charge in [-0.15, -0.1) is 11.3 Å². The van der Waals surface area contributed by atoms with E-state index in [0.717, 1.165) is 10.4 Å². The van der Waals surface area contributed by atoms with Crippen LogP contribution in [0.25, 0.3) is 0 Å². The first kappa shape index (κ1) is 22.1. The van der Waals surface area contributed by atoms with Crippen LogP contribution in [0.15, 0.2) is 24.3 Å². The summed E-state index contributed by atoms with van der Waals surface area (Å²) in [6.07, 6.45) is 0. The molecule has 0 atom stereocenters. The van der Waals surface area contributed by atoms with Crippen LogP contribution in [0.1, 0.15) is 45.0 Å². The van der Waals surface area contributed by atoms with Crippen LogP contribution in [0.5, 0.6) is 0 Å². The number of thiophene rings is 1. The van der Waals surface area contributed by atoms with Gasteiger partial charge in [-0.1, -0.05) is 0 Å². The molecular formula is C20H22N2O6S. The minimum absolute atomic E-state index is 0.221. The molecule has 9 heteroatoms. The van der Waals surface area contributed by atoms with Crippen molar-refractivity contribution in [1.29, 1.82) is 0 Å². The summed E-state index contributed by atoms with van der Waals surface area (Å²) in [5, 5.41) is 5.55. The molecule has 1 aromatic carbocycles. The zero-order valence-electron chi connectivity index (χ0n) is 16.6. The zero-order chi connectivity index (χ0) is 21.6. The van der Waals surface area contributed by atoms with E-state index in [0.29, 0.717) is 16.3 Å². The van der Waals surface area contributed by atoms with Gasteiger partial charge >= 0.3 is 11.9 Å². The van der Waals surface area contributed by atoms with E-state index in [1.807, 2.05) is 6.92 Å². The van der Waals surface area contributed by atoms with Gasteiger partial charge < -0.3 is 20.1 Å². The minimum Gasteiger partial charge on any atom is -0.462 e. The summed E-state index contributed by atoms with van der Waals surface area (Å²) in [5.74, 6) is -1.99. The second kappa shape index (κ2) is 9.83.